The standard InChI is InChI=1S/C23H30N2O4/c1-28-19-10-9-17-12-18(22(26)24-21(17)13-19)14-25(15-20-8-5-11-29-20)23(27)16-6-3-2-4-7-16/h9-10,12-13,16,20H,2-8,11,14-15H2,1H3,(H,24,26)/t20-/m1/s1. The first-order valence-electron chi connectivity index (χ1n) is 10.7. The zero-order valence-electron chi connectivity index (χ0n) is 17.1. The van der Waals surface area contributed by atoms with Crippen molar-refractivity contribution in [1.82, 2.24) is 9.88 Å². The average molecular weight is 399 g/mol. The van der Waals surface area contributed by atoms with Crippen LogP contribution in [0.25, 0.3) is 10.9 Å². The molecule has 6 nitrogen and oxygen atoms in total. The van der Waals surface area contributed by atoms with Crippen LogP contribution in [0.5, 0.6) is 5.75 Å². The number of nitrogens with zero attached hydrogens (tertiary/aromatic N) is 1. The highest BCUT2D eigenvalue weighted by Gasteiger charge is 2.29. The van der Waals surface area contributed by atoms with Crippen molar-refractivity contribution >= 4 is 16.8 Å². The molecule has 0 unspecified atom stereocenters. The normalized spacial score (nSPS) is 20.1. The van der Waals surface area contributed by atoms with E-state index in [0.717, 1.165) is 56.0 Å². The molecular formula is C23H30N2O4. The van der Waals surface area contributed by atoms with Crippen LogP contribution < -0.4 is 10.3 Å². The Morgan fingerprint density at radius 1 is 1.17 bits per heavy atom. The lowest BCUT2D eigenvalue weighted by molar-refractivity contribution is -0.138. The maximum Gasteiger partial charge on any atom is 0.253 e. The first-order valence-corrected chi connectivity index (χ1v) is 10.7. The van der Waals surface area contributed by atoms with Crippen LogP contribution in [0.2, 0.25) is 0 Å². The number of H-pyrrole nitrogens is 1. The molecule has 6 heteroatoms. The van der Waals surface area contributed by atoms with Gasteiger partial charge in [-0.3, -0.25) is 9.59 Å². The molecule has 1 aliphatic carbocycles. The molecule has 0 bridgehead atoms. The molecule has 2 aromatic rings. The molecule has 4 rings (SSSR count). The minimum absolute atomic E-state index is 0.0753. The minimum Gasteiger partial charge on any atom is -0.497 e. The van der Waals surface area contributed by atoms with Crippen LogP contribution in [0.3, 0.4) is 0 Å². The largest absolute Gasteiger partial charge is 0.497 e. The fourth-order valence-corrected chi connectivity index (χ4v) is 4.55. The van der Waals surface area contributed by atoms with E-state index >= 15 is 0 Å². The Morgan fingerprint density at radius 2 is 2.00 bits per heavy atom. The first-order chi connectivity index (χ1) is 14.1. The van der Waals surface area contributed by atoms with Gasteiger partial charge in [-0.2, -0.15) is 0 Å². The topological polar surface area (TPSA) is 71.6 Å². The first kappa shape index (κ1) is 20.0. The zero-order valence-corrected chi connectivity index (χ0v) is 17.1. The monoisotopic (exact) mass is 398 g/mol. The van der Waals surface area contributed by atoms with E-state index < -0.39 is 0 Å². The molecule has 1 amide bonds. The molecule has 1 aromatic carbocycles. The third-order valence-corrected chi connectivity index (χ3v) is 6.21. The molecule has 0 radical (unpaired) electrons. The van der Waals surface area contributed by atoms with E-state index in [2.05, 4.69) is 4.98 Å². The third-order valence-electron chi connectivity index (χ3n) is 6.21. The molecule has 1 saturated carbocycles. The fourth-order valence-electron chi connectivity index (χ4n) is 4.55. The highest BCUT2D eigenvalue weighted by atomic mass is 16.5. The van der Waals surface area contributed by atoms with Crippen molar-refractivity contribution in [3.05, 3.63) is 40.2 Å². The Hall–Kier alpha value is -2.34. The van der Waals surface area contributed by atoms with E-state index in [-0.39, 0.29) is 23.5 Å². The molecule has 2 aliphatic rings. The molecule has 2 heterocycles. The number of amides is 1. The van der Waals surface area contributed by atoms with Gasteiger partial charge in [-0.05, 0) is 49.3 Å². The summed E-state index contributed by atoms with van der Waals surface area (Å²) >= 11 is 0. The zero-order chi connectivity index (χ0) is 20.2. The van der Waals surface area contributed by atoms with Crippen LogP contribution in [0.4, 0.5) is 0 Å². The number of methoxy groups -OCH3 is 1. The number of hydrogen-bond acceptors (Lipinski definition) is 4. The summed E-state index contributed by atoms with van der Waals surface area (Å²) in [6.07, 6.45) is 7.43. The Morgan fingerprint density at radius 3 is 2.72 bits per heavy atom. The van der Waals surface area contributed by atoms with Crippen molar-refractivity contribution in [3.63, 3.8) is 0 Å². The highest BCUT2D eigenvalue weighted by molar-refractivity contribution is 5.81. The number of hydrogen-bond donors (Lipinski definition) is 1. The summed E-state index contributed by atoms with van der Waals surface area (Å²) in [5.41, 5.74) is 1.20. The lowest BCUT2D eigenvalue weighted by Crippen LogP contribution is -2.42. The summed E-state index contributed by atoms with van der Waals surface area (Å²) < 4.78 is 11.0. The SMILES string of the molecule is COc1ccc2cc(CN(C[C@H]3CCCO3)C(=O)C3CCCCC3)c(=O)[nH]c2c1. The number of carbonyl (C=O) groups excluding carboxylic acids is 1. The average Bonchev–Trinajstić information content (AvgIpc) is 3.26. The third kappa shape index (κ3) is 4.64. The second-order valence-electron chi connectivity index (χ2n) is 8.27. The number of nitrogens with one attached hydrogen (secondary N) is 1. The Labute approximate surface area is 171 Å². The molecule has 1 atom stereocenters. The summed E-state index contributed by atoms with van der Waals surface area (Å²) in [5.74, 6) is 0.955. The fraction of sp³-hybridized carbons (Fsp3) is 0.565. The van der Waals surface area contributed by atoms with Crippen molar-refractivity contribution in [3.8, 4) is 5.75 Å². The maximum absolute atomic E-state index is 13.3. The Kier molecular flexibility index (Phi) is 6.19. The maximum atomic E-state index is 13.3. The molecule has 156 valence electrons. The Bertz CT molecular complexity index is 911. The van der Waals surface area contributed by atoms with Crippen molar-refractivity contribution in [2.75, 3.05) is 20.3 Å². The van der Waals surface area contributed by atoms with Gasteiger partial charge in [0.1, 0.15) is 5.75 Å². The number of aromatic amines is 1. The molecule has 29 heavy (non-hydrogen) atoms. The van der Waals surface area contributed by atoms with E-state index in [1.807, 2.05) is 29.2 Å². The molecule has 1 aliphatic heterocycles. The van der Waals surface area contributed by atoms with Gasteiger partial charge in [0, 0.05) is 30.7 Å². The van der Waals surface area contributed by atoms with Gasteiger partial charge < -0.3 is 19.4 Å². The minimum atomic E-state index is -0.153. The summed E-state index contributed by atoms with van der Waals surface area (Å²) in [6, 6.07) is 7.52. The predicted octanol–water partition coefficient (Wildman–Crippen LogP) is 3.62. The van der Waals surface area contributed by atoms with Crippen LogP contribution in [0, 0.1) is 5.92 Å². The van der Waals surface area contributed by atoms with E-state index in [1.54, 1.807) is 7.11 Å². The van der Waals surface area contributed by atoms with E-state index in [4.69, 9.17) is 9.47 Å². The van der Waals surface area contributed by atoms with Gasteiger partial charge in [0.15, 0.2) is 0 Å². The molecule has 1 N–H and O–H groups in total. The molecule has 1 saturated heterocycles. The van der Waals surface area contributed by atoms with Gasteiger partial charge in [0.05, 0.1) is 25.3 Å². The smallest absolute Gasteiger partial charge is 0.253 e. The van der Waals surface area contributed by atoms with Crippen LogP contribution in [0.1, 0.15) is 50.5 Å². The van der Waals surface area contributed by atoms with Crippen LogP contribution in [-0.4, -0.2) is 42.2 Å². The van der Waals surface area contributed by atoms with Crippen molar-refractivity contribution in [1.29, 1.82) is 0 Å². The number of ether oxygens (including phenoxy) is 2. The summed E-state index contributed by atoms with van der Waals surface area (Å²) in [6.45, 7) is 1.65. The van der Waals surface area contributed by atoms with Gasteiger partial charge >= 0.3 is 0 Å². The number of aromatic nitrogens is 1. The van der Waals surface area contributed by atoms with Gasteiger partial charge in [-0.15, -0.1) is 0 Å². The van der Waals surface area contributed by atoms with Crippen LogP contribution in [-0.2, 0) is 16.1 Å². The van der Waals surface area contributed by atoms with Gasteiger partial charge in [-0.25, -0.2) is 0 Å². The lowest BCUT2D eigenvalue weighted by atomic mass is 9.88. The van der Waals surface area contributed by atoms with E-state index in [0.29, 0.717) is 24.4 Å². The van der Waals surface area contributed by atoms with E-state index in [1.165, 1.54) is 6.42 Å². The van der Waals surface area contributed by atoms with Crippen molar-refractivity contribution in [2.45, 2.75) is 57.6 Å². The van der Waals surface area contributed by atoms with Gasteiger partial charge in [0.2, 0.25) is 5.91 Å². The van der Waals surface area contributed by atoms with Crippen LogP contribution in [0.15, 0.2) is 29.1 Å². The predicted molar refractivity (Wildman–Crippen MR) is 112 cm³/mol. The second kappa shape index (κ2) is 8.99. The summed E-state index contributed by atoms with van der Waals surface area (Å²) in [7, 11) is 1.60. The number of carbonyl (C=O) groups is 1. The van der Waals surface area contributed by atoms with Crippen molar-refractivity contribution in [2.24, 2.45) is 5.92 Å². The molecule has 0 spiro atoms. The number of pyridine rings is 1. The molecule has 1 aromatic heterocycles. The van der Waals surface area contributed by atoms with Crippen LogP contribution >= 0.6 is 0 Å². The number of rotatable bonds is 6. The lowest BCUT2D eigenvalue weighted by Gasteiger charge is -2.31. The van der Waals surface area contributed by atoms with Gasteiger partial charge in [0.25, 0.3) is 5.56 Å². The highest BCUT2D eigenvalue weighted by Crippen LogP contribution is 2.27. The molecular weight excluding hydrogens is 368 g/mol. The molecule has 2 fully saturated rings. The number of fused-ring (bicyclic) bond motifs is 1. The number of benzene rings is 1. The summed E-state index contributed by atoms with van der Waals surface area (Å²) in [4.78, 5) is 30.8. The second-order valence-corrected chi connectivity index (χ2v) is 8.27. The van der Waals surface area contributed by atoms with Gasteiger partial charge in [-0.1, -0.05) is 19.3 Å². The van der Waals surface area contributed by atoms with Crippen molar-refractivity contribution < 1.29 is 14.3 Å². The van der Waals surface area contributed by atoms with E-state index in [9.17, 15) is 9.59 Å². The summed E-state index contributed by atoms with van der Waals surface area (Å²) in [5, 5.41) is 0.933. The quantitative estimate of drug-likeness (QED) is 0.807. The Balaban J connectivity index is 1.59.